The summed E-state index contributed by atoms with van der Waals surface area (Å²) in [5.41, 5.74) is 1.15. The Morgan fingerprint density at radius 2 is 2.14 bits per heavy atom. The van der Waals surface area contributed by atoms with Crippen molar-refractivity contribution in [3.63, 3.8) is 0 Å². The third-order valence-electron chi connectivity index (χ3n) is 3.97. The molecule has 22 heavy (non-hydrogen) atoms. The molecule has 1 aliphatic heterocycles. The molecule has 1 fully saturated rings. The molecule has 1 heterocycles. The van der Waals surface area contributed by atoms with Gasteiger partial charge in [-0.2, -0.15) is 0 Å². The van der Waals surface area contributed by atoms with Crippen molar-refractivity contribution in [3.8, 4) is 0 Å². The SMILES string of the molecule is CN1CCC[C@H](C(=O)Nc2cccc(N(C)S(C)(=O)=O)c2)C1. The zero-order valence-electron chi connectivity index (χ0n) is 13.2. The van der Waals surface area contributed by atoms with Crippen molar-refractivity contribution in [2.24, 2.45) is 5.92 Å². The number of rotatable bonds is 4. The van der Waals surface area contributed by atoms with Gasteiger partial charge in [0.05, 0.1) is 17.9 Å². The Balaban J connectivity index is 2.08. The molecule has 1 N–H and O–H groups in total. The molecule has 122 valence electrons. The van der Waals surface area contributed by atoms with E-state index in [0.29, 0.717) is 11.4 Å². The van der Waals surface area contributed by atoms with Crippen LogP contribution in [-0.4, -0.2) is 52.7 Å². The first kappa shape index (κ1) is 16.8. The predicted octanol–water partition coefficient (Wildman–Crippen LogP) is 1.36. The smallest absolute Gasteiger partial charge is 0.231 e. The highest BCUT2D eigenvalue weighted by Crippen LogP contribution is 2.22. The molecule has 1 aromatic carbocycles. The standard InChI is InChI=1S/C15H23N3O3S/c1-17-9-5-6-12(11-17)15(19)16-13-7-4-8-14(10-13)18(2)22(3,20)21/h4,7-8,10,12H,5-6,9,11H2,1-3H3,(H,16,19)/t12-/m0/s1. The number of piperidine rings is 1. The molecule has 0 saturated carbocycles. The maximum Gasteiger partial charge on any atom is 0.231 e. The lowest BCUT2D eigenvalue weighted by atomic mass is 9.97. The molecule has 0 aliphatic carbocycles. The summed E-state index contributed by atoms with van der Waals surface area (Å²) in [6, 6.07) is 6.88. The molecule has 6 nitrogen and oxygen atoms in total. The van der Waals surface area contributed by atoms with E-state index in [-0.39, 0.29) is 11.8 Å². The van der Waals surface area contributed by atoms with Crippen LogP contribution in [0.25, 0.3) is 0 Å². The lowest BCUT2D eigenvalue weighted by molar-refractivity contribution is -0.121. The van der Waals surface area contributed by atoms with Crippen molar-refractivity contribution in [2.75, 3.05) is 43.1 Å². The van der Waals surface area contributed by atoms with Crippen molar-refractivity contribution in [1.82, 2.24) is 4.90 Å². The van der Waals surface area contributed by atoms with Gasteiger partial charge in [0, 0.05) is 19.3 Å². The maximum atomic E-state index is 12.3. The number of hydrogen-bond donors (Lipinski definition) is 1. The van der Waals surface area contributed by atoms with Crippen LogP contribution < -0.4 is 9.62 Å². The minimum Gasteiger partial charge on any atom is -0.326 e. The number of nitrogens with one attached hydrogen (secondary N) is 1. The maximum absolute atomic E-state index is 12.3. The molecule has 2 rings (SSSR count). The summed E-state index contributed by atoms with van der Waals surface area (Å²) in [6.07, 6.45) is 3.06. The van der Waals surface area contributed by atoms with Gasteiger partial charge >= 0.3 is 0 Å². The Labute approximate surface area is 132 Å². The van der Waals surface area contributed by atoms with Gasteiger partial charge < -0.3 is 10.2 Å². The van der Waals surface area contributed by atoms with Gasteiger partial charge in [-0.15, -0.1) is 0 Å². The van der Waals surface area contributed by atoms with Gasteiger partial charge in [-0.25, -0.2) is 8.42 Å². The van der Waals surface area contributed by atoms with E-state index in [9.17, 15) is 13.2 Å². The zero-order valence-corrected chi connectivity index (χ0v) is 14.1. The molecular weight excluding hydrogens is 302 g/mol. The van der Waals surface area contributed by atoms with Crippen LogP contribution in [0.2, 0.25) is 0 Å². The van der Waals surface area contributed by atoms with E-state index in [1.54, 1.807) is 24.3 Å². The Bertz CT molecular complexity index is 645. The van der Waals surface area contributed by atoms with Crippen LogP contribution >= 0.6 is 0 Å². The van der Waals surface area contributed by atoms with Gasteiger partial charge in [-0.3, -0.25) is 9.10 Å². The highest BCUT2D eigenvalue weighted by Gasteiger charge is 2.24. The van der Waals surface area contributed by atoms with Gasteiger partial charge in [0.15, 0.2) is 0 Å². The van der Waals surface area contributed by atoms with Crippen LogP contribution in [0, 0.1) is 5.92 Å². The third-order valence-corrected chi connectivity index (χ3v) is 5.18. The first-order valence-electron chi connectivity index (χ1n) is 7.31. The second-order valence-corrected chi connectivity index (χ2v) is 7.89. The van der Waals surface area contributed by atoms with E-state index in [4.69, 9.17) is 0 Å². The third kappa shape index (κ3) is 4.20. The predicted molar refractivity (Wildman–Crippen MR) is 88.5 cm³/mol. The number of benzene rings is 1. The molecule has 7 heteroatoms. The quantitative estimate of drug-likeness (QED) is 0.907. The normalized spacial score (nSPS) is 19.7. The van der Waals surface area contributed by atoms with Crippen LogP contribution in [-0.2, 0) is 14.8 Å². The number of likely N-dealkylation sites (tertiary alicyclic amines) is 1. The van der Waals surface area contributed by atoms with E-state index in [2.05, 4.69) is 10.2 Å². The van der Waals surface area contributed by atoms with E-state index in [1.807, 2.05) is 7.05 Å². The van der Waals surface area contributed by atoms with Gasteiger partial charge in [-0.1, -0.05) is 6.07 Å². The molecular formula is C15H23N3O3S. The van der Waals surface area contributed by atoms with Gasteiger partial charge in [0.2, 0.25) is 15.9 Å². The van der Waals surface area contributed by atoms with Crippen molar-refractivity contribution < 1.29 is 13.2 Å². The lowest BCUT2D eigenvalue weighted by Crippen LogP contribution is -2.38. The number of amides is 1. The molecule has 0 aromatic heterocycles. The first-order chi connectivity index (χ1) is 10.3. The van der Waals surface area contributed by atoms with Crippen LogP contribution in [0.3, 0.4) is 0 Å². The summed E-state index contributed by atoms with van der Waals surface area (Å²) in [7, 11) is 0.193. The number of nitrogens with zero attached hydrogens (tertiary/aromatic N) is 2. The average Bonchev–Trinajstić information content (AvgIpc) is 2.45. The number of carbonyl (C=O) groups is 1. The Kier molecular flexibility index (Phi) is 5.08. The molecule has 1 aromatic rings. The summed E-state index contributed by atoms with van der Waals surface area (Å²) < 4.78 is 24.4. The summed E-state index contributed by atoms with van der Waals surface area (Å²) in [5.74, 6) is -0.0271. The Morgan fingerprint density at radius 1 is 1.41 bits per heavy atom. The number of carbonyl (C=O) groups excluding carboxylic acids is 1. The molecule has 0 radical (unpaired) electrons. The number of hydrogen-bond acceptors (Lipinski definition) is 4. The van der Waals surface area contributed by atoms with Crippen molar-refractivity contribution >= 4 is 27.3 Å². The lowest BCUT2D eigenvalue weighted by Gasteiger charge is -2.28. The topological polar surface area (TPSA) is 69.7 Å². The Hall–Kier alpha value is -1.60. The van der Waals surface area contributed by atoms with E-state index in [1.165, 1.54) is 11.4 Å². The second kappa shape index (κ2) is 6.66. The highest BCUT2D eigenvalue weighted by atomic mass is 32.2. The van der Waals surface area contributed by atoms with Crippen LogP contribution in [0.15, 0.2) is 24.3 Å². The summed E-state index contributed by atoms with van der Waals surface area (Å²) >= 11 is 0. The van der Waals surface area contributed by atoms with Gasteiger partial charge in [0.25, 0.3) is 0 Å². The molecule has 1 aliphatic rings. The average molecular weight is 325 g/mol. The molecule has 0 spiro atoms. The minimum atomic E-state index is -3.31. The largest absolute Gasteiger partial charge is 0.326 e. The fourth-order valence-corrected chi connectivity index (χ4v) is 3.09. The fraction of sp³-hybridized carbons (Fsp3) is 0.533. The summed E-state index contributed by atoms with van der Waals surface area (Å²) in [4.78, 5) is 14.5. The van der Waals surface area contributed by atoms with Crippen LogP contribution in [0.5, 0.6) is 0 Å². The van der Waals surface area contributed by atoms with Gasteiger partial charge in [-0.05, 0) is 44.6 Å². The minimum absolute atomic E-state index is 0.00860. The molecule has 1 saturated heterocycles. The van der Waals surface area contributed by atoms with Crippen molar-refractivity contribution in [3.05, 3.63) is 24.3 Å². The van der Waals surface area contributed by atoms with Crippen molar-refractivity contribution in [1.29, 1.82) is 0 Å². The zero-order chi connectivity index (χ0) is 16.3. The van der Waals surface area contributed by atoms with Crippen molar-refractivity contribution in [2.45, 2.75) is 12.8 Å². The first-order valence-corrected chi connectivity index (χ1v) is 9.15. The summed E-state index contributed by atoms with van der Waals surface area (Å²) in [6.45, 7) is 1.78. The van der Waals surface area contributed by atoms with Crippen LogP contribution in [0.1, 0.15) is 12.8 Å². The molecule has 1 amide bonds. The van der Waals surface area contributed by atoms with E-state index < -0.39 is 10.0 Å². The number of anilines is 2. The Morgan fingerprint density at radius 3 is 2.77 bits per heavy atom. The van der Waals surface area contributed by atoms with Crippen LogP contribution in [0.4, 0.5) is 11.4 Å². The van der Waals surface area contributed by atoms with E-state index in [0.717, 1.165) is 32.2 Å². The molecule has 0 bridgehead atoms. The molecule has 0 unspecified atom stereocenters. The number of sulfonamides is 1. The molecule has 1 atom stereocenters. The van der Waals surface area contributed by atoms with E-state index >= 15 is 0 Å². The van der Waals surface area contributed by atoms with Gasteiger partial charge in [0.1, 0.15) is 0 Å². The fourth-order valence-electron chi connectivity index (χ4n) is 2.60. The summed E-state index contributed by atoms with van der Waals surface area (Å²) in [5, 5.41) is 2.89. The monoisotopic (exact) mass is 325 g/mol. The second-order valence-electron chi connectivity index (χ2n) is 5.87. The highest BCUT2D eigenvalue weighted by molar-refractivity contribution is 7.92.